The maximum atomic E-state index is 13.0. The van der Waals surface area contributed by atoms with Gasteiger partial charge in [-0.2, -0.15) is 0 Å². The summed E-state index contributed by atoms with van der Waals surface area (Å²) in [5.41, 5.74) is 5.79. The number of aromatic hydroxyl groups is 1. The topological polar surface area (TPSA) is 101 Å². The second-order valence-electron chi connectivity index (χ2n) is 5.84. The third-order valence-electron chi connectivity index (χ3n) is 3.38. The molecule has 0 heterocycles. The number of hydrogen-bond acceptors (Lipinski definition) is 4. The van der Waals surface area contributed by atoms with Crippen LogP contribution in [0, 0.1) is 5.92 Å². The molecule has 6 nitrogen and oxygen atoms in total. The normalized spacial score (nSPS) is 11.5. The van der Waals surface area contributed by atoms with Crippen LogP contribution in [0.3, 0.4) is 0 Å². The molecular weight excluding hydrogens is 328 g/mol. The van der Waals surface area contributed by atoms with Crippen molar-refractivity contribution >= 4 is 21.6 Å². The van der Waals surface area contributed by atoms with Gasteiger partial charge in [0.05, 0.1) is 10.6 Å². The Kier molecular flexibility index (Phi) is 5.14. The number of primary amides is 1. The highest BCUT2D eigenvalue weighted by atomic mass is 32.2. The second kappa shape index (κ2) is 6.92. The Morgan fingerprint density at radius 1 is 1.17 bits per heavy atom. The largest absolute Gasteiger partial charge is 0.508 e. The van der Waals surface area contributed by atoms with Crippen LogP contribution < -0.4 is 10.0 Å². The summed E-state index contributed by atoms with van der Waals surface area (Å²) in [4.78, 5) is 11.2. The predicted molar refractivity (Wildman–Crippen MR) is 92.4 cm³/mol. The van der Waals surface area contributed by atoms with E-state index in [9.17, 15) is 18.3 Å². The molecule has 2 aromatic rings. The Balaban J connectivity index is 2.49. The molecule has 7 heteroatoms. The number of nitrogens with two attached hydrogens (primary N) is 1. The minimum absolute atomic E-state index is 0.0134. The zero-order valence-corrected chi connectivity index (χ0v) is 14.3. The van der Waals surface area contributed by atoms with Gasteiger partial charge in [0.15, 0.2) is 0 Å². The molecule has 0 fully saturated rings. The van der Waals surface area contributed by atoms with E-state index in [4.69, 9.17) is 5.73 Å². The van der Waals surface area contributed by atoms with Crippen molar-refractivity contribution in [1.82, 2.24) is 0 Å². The van der Waals surface area contributed by atoms with Gasteiger partial charge in [-0.15, -0.1) is 0 Å². The minimum Gasteiger partial charge on any atom is -0.508 e. The molecule has 0 saturated carbocycles. The monoisotopic (exact) mass is 348 g/mol. The molecule has 0 atom stereocenters. The Morgan fingerprint density at radius 3 is 2.29 bits per heavy atom. The number of hydrogen-bond donors (Lipinski definition) is 2. The summed E-state index contributed by atoms with van der Waals surface area (Å²) in [6, 6.07) is 11.6. The van der Waals surface area contributed by atoms with Crippen LogP contribution in [0.5, 0.6) is 5.75 Å². The first-order valence-electron chi connectivity index (χ1n) is 7.43. The first-order chi connectivity index (χ1) is 11.2. The predicted octanol–water partition coefficient (Wildman–Crippen LogP) is 2.34. The molecule has 0 unspecified atom stereocenters. The number of rotatable bonds is 6. The van der Waals surface area contributed by atoms with Gasteiger partial charge in [0.1, 0.15) is 5.75 Å². The van der Waals surface area contributed by atoms with Gasteiger partial charge >= 0.3 is 0 Å². The third-order valence-corrected chi connectivity index (χ3v) is 5.18. The summed E-state index contributed by atoms with van der Waals surface area (Å²) >= 11 is 0. The molecule has 0 radical (unpaired) electrons. The van der Waals surface area contributed by atoms with Gasteiger partial charge in [0.25, 0.3) is 10.0 Å². The summed E-state index contributed by atoms with van der Waals surface area (Å²) in [7, 11) is -3.84. The van der Waals surface area contributed by atoms with E-state index in [-0.39, 0.29) is 28.7 Å². The lowest BCUT2D eigenvalue weighted by Crippen LogP contribution is -2.34. The number of anilines is 1. The van der Waals surface area contributed by atoms with Crippen molar-refractivity contribution in [2.24, 2.45) is 11.7 Å². The molecule has 0 aliphatic carbocycles. The van der Waals surface area contributed by atoms with E-state index in [1.807, 2.05) is 13.8 Å². The fraction of sp³-hybridized carbons (Fsp3) is 0.235. The quantitative estimate of drug-likeness (QED) is 0.836. The number of nitrogens with zero attached hydrogens (tertiary/aromatic N) is 1. The van der Waals surface area contributed by atoms with E-state index in [2.05, 4.69) is 0 Å². The van der Waals surface area contributed by atoms with E-state index < -0.39 is 15.9 Å². The van der Waals surface area contributed by atoms with Crippen LogP contribution in [0.15, 0.2) is 53.4 Å². The number of carbonyl (C=O) groups is 1. The van der Waals surface area contributed by atoms with Crippen LogP contribution >= 0.6 is 0 Å². The van der Waals surface area contributed by atoms with Crippen molar-refractivity contribution in [3.05, 3.63) is 54.1 Å². The van der Waals surface area contributed by atoms with Crippen molar-refractivity contribution in [3.8, 4) is 5.75 Å². The standard InChI is InChI=1S/C17H20N2O4S/c1-12(2)11-19(14-4-3-5-15(20)10-14)24(22,23)16-8-6-13(7-9-16)17(18)21/h3-10,12,20H,11H2,1-2H3,(H2,18,21). The molecule has 0 bridgehead atoms. The lowest BCUT2D eigenvalue weighted by molar-refractivity contribution is 0.1000. The number of sulfonamides is 1. The molecule has 2 aromatic carbocycles. The Hall–Kier alpha value is -2.54. The van der Waals surface area contributed by atoms with Gasteiger partial charge < -0.3 is 10.8 Å². The molecule has 0 aliphatic heterocycles. The molecule has 2 rings (SSSR count). The highest BCUT2D eigenvalue weighted by Gasteiger charge is 2.26. The molecule has 128 valence electrons. The van der Waals surface area contributed by atoms with Crippen LogP contribution in [0.25, 0.3) is 0 Å². The van der Waals surface area contributed by atoms with E-state index >= 15 is 0 Å². The van der Waals surface area contributed by atoms with Crippen molar-refractivity contribution in [1.29, 1.82) is 0 Å². The van der Waals surface area contributed by atoms with Crippen LogP contribution in [-0.2, 0) is 10.0 Å². The van der Waals surface area contributed by atoms with Crippen molar-refractivity contribution in [2.45, 2.75) is 18.7 Å². The van der Waals surface area contributed by atoms with E-state index in [0.717, 1.165) is 0 Å². The van der Waals surface area contributed by atoms with E-state index in [1.165, 1.54) is 40.7 Å². The van der Waals surface area contributed by atoms with Crippen LogP contribution in [0.4, 0.5) is 5.69 Å². The molecular formula is C17H20N2O4S. The summed E-state index contributed by atoms with van der Waals surface area (Å²) < 4.78 is 27.2. The van der Waals surface area contributed by atoms with Gasteiger partial charge in [-0.05, 0) is 42.3 Å². The van der Waals surface area contributed by atoms with Gasteiger partial charge in [0.2, 0.25) is 5.91 Å². The lowest BCUT2D eigenvalue weighted by atomic mass is 10.2. The second-order valence-corrected chi connectivity index (χ2v) is 7.70. The van der Waals surface area contributed by atoms with E-state index in [0.29, 0.717) is 5.69 Å². The summed E-state index contributed by atoms with van der Waals surface area (Å²) in [6.45, 7) is 4.06. The van der Waals surface area contributed by atoms with Crippen LogP contribution in [-0.4, -0.2) is 26.0 Å². The van der Waals surface area contributed by atoms with Gasteiger partial charge in [-0.1, -0.05) is 19.9 Å². The highest BCUT2D eigenvalue weighted by molar-refractivity contribution is 7.92. The number of phenols is 1. The third kappa shape index (κ3) is 3.86. The fourth-order valence-electron chi connectivity index (χ4n) is 2.24. The van der Waals surface area contributed by atoms with Crippen molar-refractivity contribution in [2.75, 3.05) is 10.8 Å². The maximum Gasteiger partial charge on any atom is 0.264 e. The average molecular weight is 348 g/mol. The summed E-state index contributed by atoms with van der Waals surface area (Å²) in [5.74, 6) is -0.557. The van der Waals surface area contributed by atoms with Crippen molar-refractivity contribution < 1.29 is 18.3 Å². The number of carbonyl (C=O) groups excluding carboxylic acids is 1. The molecule has 0 aliphatic rings. The molecule has 24 heavy (non-hydrogen) atoms. The van der Waals surface area contributed by atoms with Crippen LogP contribution in [0.2, 0.25) is 0 Å². The smallest absolute Gasteiger partial charge is 0.264 e. The van der Waals surface area contributed by atoms with Gasteiger partial charge in [0, 0.05) is 18.2 Å². The van der Waals surface area contributed by atoms with Gasteiger partial charge in [-0.25, -0.2) is 8.42 Å². The van der Waals surface area contributed by atoms with Crippen molar-refractivity contribution in [3.63, 3.8) is 0 Å². The Bertz CT molecular complexity index is 830. The first kappa shape index (κ1) is 17.8. The number of phenolic OH excluding ortho intramolecular Hbond substituents is 1. The number of amides is 1. The Labute approximate surface area is 141 Å². The minimum atomic E-state index is -3.84. The zero-order valence-electron chi connectivity index (χ0n) is 13.5. The zero-order chi connectivity index (χ0) is 17.9. The first-order valence-corrected chi connectivity index (χ1v) is 8.87. The SMILES string of the molecule is CC(C)CN(c1cccc(O)c1)S(=O)(=O)c1ccc(C(N)=O)cc1. The lowest BCUT2D eigenvalue weighted by Gasteiger charge is -2.26. The number of benzene rings is 2. The highest BCUT2D eigenvalue weighted by Crippen LogP contribution is 2.27. The summed E-state index contributed by atoms with van der Waals surface area (Å²) in [5, 5.41) is 9.66. The molecule has 0 spiro atoms. The molecule has 0 saturated heterocycles. The molecule has 0 aromatic heterocycles. The Morgan fingerprint density at radius 2 is 1.79 bits per heavy atom. The molecule has 1 amide bonds. The molecule has 3 N–H and O–H groups in total. The summed E-state index contributed by atoms with van der Waals surface area (Å²) in [6.07, 6.45) is 0. The fourth-order valence-corrected chi connectivity index (χ4v) is 3.86. The maximum absolute atomic E-state index is 13.0. The average Bonchev–Trinajstić information content (AvgIpc) is 2.52. The van der Waals surface area contributed by atoms with Crippen LogP contribution in [0.1, 0.15) is 24.2 Å². The van der Waals surface area contributed by atoms with E-state index in [1.54, 1.807) is 12.1 Å². The van der Waals surface area contributed by atoms with Gasteiger partial charge in [-0.3, -0.25) is 9.10 Å².